The zero-order valence-electron chi connectivity index (χ0n) is 7.14. The molecule has 0 saturated carbocycles. The van der Waals surface area contributed by atoms with Crippen LogP contribution in [0.1, 0.15) is 10.4 Å². The van der Waals surface area contributed by atoms with Gasteiger partial charge in [0.25, 0.3) is 0 Å². The van der Waals surface area contributed by atoms with E-state index in [-0.39, 0.29) is 5.56 Å². The standard InChI is InChI=1S/C9H7N3O2/c13-9(14)6-2-1-4-10-8(6)7-3-5-11-12-7/h1-5H,(H,11,12)(H,13,14). The molecule has 0 unspecified atom stereocenters. The smallest absolute Gasteiger partial charge is 0.337 e. The number of pyridine rings is 1. The maximum atomic E-state index is 10.8. The summed E-state index contributed by atoms with van der Waals surface area (Å²) in [7, 11) is 0. The van der Waals surface area contributed by atoms with Gasteiger partial charge in [0.05, 0.1) is 11.3 Å². The lowest BCUT2D eigenvalue weighted by atomic mass is 10.1. The highest BCUT2D eigenvalue weighted by molar-refractivity contribution is 5.94. The molecule has 0 aliphatic rings. The molecule has 2 aromatic heterocycles. The molecule has 2 rings (SSSR count). The summed E-state index contributed by atoms with van der Waals surface area (Å²) in [6.07, 6.45) is 3.10. The lowest BCUT2D eigenvalue weighted by Gasteiger charge is -2.00. The van der Waals surface area contributed by atoms with Gasteiger partial charge < -0.3 is 5.11 Å². The van der Waals surface area contributed by atoms with Crippen molar-refractivity contribution in [3.05, 3.63) is 36.2 Å². The second-order valence-corrected chi connectivity index (χ2v) is 2.68. The lowest BCUT2D eigenvalue weighted by molar-refractivity contribution is 0.0697. The molecule has 0 amide bonds. The molecule has 70 valence electrons. The first kappa shape index (κ1) is 8.43. The molecule has 0 radical (unpaired) electrons. The Morgan fingerprint density at radius 2 is 2.21 bits per heavy atom. The minimum Gasteiger partial charge on any atom is -0.478 e. The van der Waals surface area contributed by atoms with Gasteiger partial charge in [-0.15, -0.1) is 0 Å². The zero-order valence-corrected chi connectivity index (χ0v) is 7.14. The molecule has 14 heavy (non-hydrogen) atoms. The second kappa shape index (κ2) is 3.29. The maximum Gasteiger partial charge on any atom is 0.337 e. The molecule has 0 aromatic carbocycles. The Bertz CT molecular complexity index is 451. The van der Waals surface area contributed by atoms with Crippen LogP contribution in [-0.2, 0) is 0 Å². The van der Waals surface area contributed by atoms with Crippen molar-refractivity contribution < 1.29 is 9.90 Å². The average Bonchev–Trinajstić information content (AvgIpc) is 2.70. The molecular weight excluding hydrogens is 182 g/mol. The highest BCUT2D eigenvalue weighted by Gasteiger charge is 2.12. The van der Waals surface area contributed by atoms with Crippen LogP contribution >= 0.6 is 0 Å². The van der Waals surface area contributed by atoms with E-state index in [4.69, 9.17) is 5.11 Å². The first-order valence-electron chi connectivity index (χ1n) is 3.97. The normalized spacial score (nSPS) is 10.0. The summed E-state index contributed by atoms with van der Waals surface area (Å²) >= 11 is 0. The Labute approximate surface area is 79.4 Å². The second-order valence-electron chi connectivity index (χ2n) is 2.68. The van der Waals surface area contributed by atoms with Crippen LogP contribution in [0, 0.1) is 0 Å². The van der Waals surface area contributed by atoms with E-state index in [0.29, 0.717) is 11.4 Å². The highest BCUT2D eigenvalue weighted by atomic mass is 16.4. The van der Waals surface area contributed by atoms with E-state index < -0.39 is 5.97 Å². The van der Waals surface area contributed by atoms with E-state index in [1.165, 1.54) is 6.07 Å². The van der Waals surface area contributed by atoms with E-state index >= 15 is 0 Å². The number of nitrogens with zero attached hydrogens (tertiary/aromatic N) is 2. The van der Waals surface area contributed by atoms with E-state index in [0.717, 1.165) is 0 Å². The summed E-state index contributed by atoms with van der Waals surface area (Å²) in [5.74, 6) is -0.997. The molecule has 5 nitrogen and oxygen atoms in total. The van der Waals surface area contributed by atoms with Crippen LogP contribution in [0.15, 0.2) is 30.6 Å². The summed E-state index contributed by atoms with van der Waals surface area (Å²) in [5, 5.41) is 15.3. The van der Waals surface area contributed by atoms with Crippen molar-refractivity contribution in [2.45, 2.75) is 0 Å². The summed E-state index contributed by atoms with van der Waals surface area (Å²) < 4.78 is 0. The Morgan fingerprint density at radius 3 is 2.86 bits per heavy atom. The summed E-state index contributed by atoms with van der Waals surface area (Å²) in [4.78, 5) is 14.8. The van der Waals surface area contributed by atoms with Crippen molar-refractivity contribution in [2.24, 2.45) is 0 Å². The molecule has 2 heterocycles. The number of rotatable bonds is 2. The van der Waals surface area contributed by atoms with Crippen LogP contribution in [-0.4, -0.2) is 26.3 Å². The van der Waals surface area contributed by atoms with Gasteiger partial charge in [0.2, 0.25) is 0 Å². The summed E-state index contributed by atoms with van der Waals surface area (Å²) in [6, 6.07) is 4.77. The number of carboxylic acids is 1. The minimum atomic E-state index is -0.997. The van der Waals surface area contributed by atoms with Crippen molar-refractivity contribution in [3.63, 3.8) is 0 Å². The van der Waals surface area contributed by atoms with E-state index in [2.05, 4.69) is 15.2 Å². The molecule has 0 aliphatic heterocycles. The number of aromatic amines is 1. The monoisotopic (exact) mass is 189 g/mol. The van der Waals surface area contributed by atoms with Crippen molar-refractivity contribution in [1.29, 1.82) is 0 Å². The van der Waals surface area contributed by atoms with Crippen LogP contribution in [0.25, 0.3) is 11.4 Å². The molecule has 0 bridgehead atoms. The highest BCUT2D eigenvalue weighted by Crippen LogP contribution is 2.17. The zero-order chi connectivity index (χ0) is 9.97. The Balaban J connectivity index is 2.58. The van der Waals surface area contributed by atoms with Gasteiger partial charge in [-0.1, -0.05) is 0 Å². The fourth-order valence-corrected chi connectivity index (χ4v) is 1.18. The van der Waals surface area contributed by atoms with Crippen LogP contribution in [0.4, 0.5) is 0 Å². The Kier molecular flexibility index (Phi) is 1.98. The van der Waals surface area contributed by atoms with E-state index in [1.807, 2.05) is 0 Å². The topological polar surface area (TPSA) is 78.9 Å². The van der Waals surface area contributed by atoms with Gasteiger partial charge in [-0.05, 0) is 18.2 Å². The third-order valence-corrected chi connectivity index (χ3v) is 1.79. The predicted octanol–water partition coefficient (Wildman–Crippen LogP) is 1.17. The number of hydrogen-bond donors (Lipinski definition) is 2. The number of carbonyl (C=O) groups is 1. The Hall–Kier alpha value is -2.17. The molecular formula is C9H7N3O2. The number of aromatic nitrogens is 3. The molecule has 0 aliphatic carbocycles. The van der Waals surface area contributed by atoms with Gasteiger partial charge in [0.1, 0.15) is 5.69 Å². The average molecular weight is 189 g/mol. The number of hydrogen-bond acceptors (Lipinski definition) is 3. The van der Waals surface area contributed by atoms with Crippen molar-refractivity contribution in [1.82, 2.24) is 15.2 Å². The summed E-state index contributed by atoms with van der Waals surface area (Å²) in [5.41, 5.74) is 1.16. The third kappa shape index (κ3) is 1.35. The first-order chi connectivity index (χ1) is 6.79. The quantitative estimate of drug-likeness (QED) is 0.743. The van der Waals surface area contributed by atoms with Gasteiger partial charge >= 0.3 is 5.97 Å². The van der Waals surface area contributed by atoms with Gasteiger partial charge in [-0.2, -0.15) is 5.10 Å². The molecule has 2 aromatic rings. The molecule has 5 heteroatoms. The first-order valence-corrected chi connectivity index (χ1v) is 3.97. The number of nitrogens with one attached hydrogen (secondary N) is 1. The largest absolute Gasteiger partial charge is 0.478 e. The van der Waals surface area contributed by atoms with Crippen LogP contribution in [0.3, 0.4) is 0 Å². The minimum absolute atomic E-state index is 0.164. The summed E-state index contributed by atoms with van der Waals surface area (Å²) in [6.45, 7) is 0. The van der Waals surface area contributed by atoms with Gasteiger partial charge in [-0.3, -0.25) is 10.1 Å². The third-order valence-electron chi connectivity index (χ3n) is 1.79. The van der Waals surface area contributed by atoms with E-state index in [9.17, 15) is 4.79 Å². The van der Waals surface area contributed by atoms with Gasteiger partial charge in [-0.25, -0.2) is 4.79 Å². The van der Waals surface area contributed by atoms with Gasteiger partial charge in [0, 0.05) is 12.4 Å². The number of aromatic carboxylic acids is 1. The number of H-pyrrole nitrogens is 1. The molecule has 0 spiro atoms. The molecule has 0 fully saturated rings. The molecule has 2 N–H and O–H groups in total. The molecule has 0 atom stereocenters. The van der Waals surface area contributed by atoms with Gasteiger partial charge in [0.15, 0.2) is 0 Å². The van der Waals surface area contributed by atoms with Crippen molar-refractivity contribution in [3.8, 4) is 11.4 Å². The van der Waals surface area contributed by atoms with Crippen LogP contribution in [0.5, 0.6) is 0 Å². The fourth-order valence-electron chi connectivity index (χ4n) is 1.18. The van der Waals surface area contributed by atoms with E-state index in [1.54, 1.807) is 24.5 Å². The Morgan fingerprint density at radius 1 is 1.36 bits per heavy atom. The van der Waals surface area contributed by atoms with Crippen LogP contribution in [0.2, 0.25) is 0 Å². The van der Waals surface area contributed by atoms with Crippen LogP contribution < -0.4 is 0 Å². The predicted molar refractivity (Wildman–Crippen MR) is 48.8 cm³/mol. The SMILES string of the molecule is O=C(O)c1cccnc1-c1ccn[nH]1. The lowest BCUT2D eigenvalue weighted by Crippen LogP contribution is -2.01. The van der Waals surface area contributed by atoms with Crippen molar-refractivity contribution >= 4 is 5.97 Å². The number of carboxylic acid groups (broad SMARTS) is 1. The fraction of sp³-hybridized carbons (Fsp3) is 0. The molecule has 0 saturated heterocycles. The van der Waals surface area contributed by atoms with Crippen molar-refractivity contribution in [2.75, 3.05) is 0 Å². The maximum absolute atomic E-state index is 10.8.